The molecule has 0 aliphatic heterocycles. The van der Waals surface area contributed by atoms with E-state index in [4.69, 9.17) is 10.8 Å². The van der Waals surface area contributed by atoms with E-state index in [0.29, 0.717) is 11.0 Å². The second kappa shape index (κ2) is 6.61. The summed E-state index contributed by atoms with van der Waals surface area (Å²) in [6.07, 6.45) is 1.04. The summed E-state index contributed by atoms with van der Waals surface area (Å²) < 4.78 is 0. The number of carboxylic acid groups (broad SMARTS) is 1. The Morgan fingerprint density at radius 1 is 1.23 bits per heavy atom. The van der Waals surface area contributed by atoms with Gasteiger partial charge < -0.3 is 16.2 Å². The highest BCUT2D eigenvalue weighted by Crippen LogP contribution is 2.09. The number of para-hydroxylation sites is 2. The third-order valence-electron chi connectivity index (χ3n) is 2.96. The van der Waals surface area contributed by atoms with Gasteiger partial charge >= 0.3 is 5.97 Å². The molecule has 2 amide bonds. The number of rotatable bonds is 6. The van der Waals surface area contributed by atoms with E-state index in [2.05, 4.69) is 15.3 Å². The number of nitrogens with two attached hydrogens (primary N) is 1. The van der Waals surface area contributed by atoms with Crippen LogP contribution in [0.5, 0.6) is 0 Å². The molecule has 0 bridgehead atoms. The minimum Gasteiger partial charge on any atom is -0.480 e. The predicted molar refractivity (Wildman–Crippen MR) is 76.9 cm³/mol. The van der Waals surface area contributed by atoms with E-state index in [1.165, 1.54) is 6.20 Å². The van der Waals surface area contributed by atoms with Crippen LogP contribution in [0.15, 0.2) is 30.5 Å². The van der Waals surface area contributed by atoms with Crippen molar-refractivity contribution < 1.29 is 19.5 Å². The van der Waals surface area contributed by atoms with E-state index >= 15 is 0 Å². The average molecular weight is 302 g/mol. The zero-order valence-corrected chi connectivity index (χ0v) is 11.5. The van der Waals surface area contributed by atoms with Crippen molar-refractivity contribution in [2.45, 2.75) is 18.9 Å². The van der Waals surface area contributed by atoms with Crippen LogP contribution in [0.2, 0.25) is 0 Å². The molecule has 8 heteroatoms. The van der Waals surface area contributed by atoms with Gasteiger partial charge in [-0.3, -0.25) is 14.6 Å². The molecule has 0 aliphatic carbocycles. The quantitative estimate of drug-likeness (QED) is 0.691. The van der Waals surface area contributed by atoms with Crippen molar-refractivity contribution in [2.75, 3.05) is 0 Å². The van der Waals surface area contributed by atoms with Crippen molar-refractivity contribution in [3.8, 4) is 0 Å². The Hall–Kier alpha value is -3.03. The van der Waals surface area contributed by atoms with Crippen molar-refractivity contribution in [2.24, 2.45) is 5.73 Å². The van der Waals surface area contributed by atoms with Crippen LogP contribution >= 0.6 is 0 Å². The number of nitrogens with one attached hydrogen (secondary N) is 1. The van der Waals surface area contributed by atoms with Gasteiger partial charge in [-0.25, -0.2) is 9.78 Å². The van der Waals surface area contributed by atoms with E-state index < -0.39 is 23.8 Å². The number of hydrogen-bond acceptors (Lipinski definition) is 5. The monoisotopic (exact) mass is 302 g/mol. The van der Waals surface area contributed by atoms with Crippen LogP contribution in [0.4, 0.5) is 0 Å². The number of aromatic nitrogens is 2. The maximum Gasteiger partial charge on any atom is 0.326 e. The molecular weight excluding hydrogens is 288 g/mol. The molecule has 4 N–H and O–H groups in total. The van der Waals surface area contributed by atoms with Crippen molar-refractivity contribution in [1.82, 2.24) is 15.3 Å². The fourth-order valence-corrected chi connectivity index (χ4v) is 1.84. The summed E-state index contributed by atoms with van der Waals surface area (Å²) in [6.45, 7) is 0. The number of carboxylic acids is 1. The minimum absolute atomic E-state index is 0.00373. The van der Waals surface area contributed by atoms with Gasteiger partial charge in [0.1, 0.15) is 11.7 Å². The van der Waals surface area contributed by atoms with E-state index in [-0.39, 0.29) is 18.5 Å². The molecule has 1 aromatic heterocycles. The lowest BCUT2D eigenvalue weighted by atomic mass is 10.1. The summed E-state index contributed by atoms with van der Waals surface area (Å²) in [5, 5.41) is 11.4. The van der Waals surface area contributed by atoms with Crippen LogP contribution < -0.4 is 11.1 Å². The standard InChI is InChI=1S/C14H14N4O4/c15-12(19)6-5-10(14(21)22)18-13(20)11-7-16-8-3-1-2-4-9(8)17-11/h1-4,7,10H,5-6H2,(H2,15,19)(H,18,20)(H,21,22). The van der Waals surface area contributed by atoms with E-state index in [0.717, 1.165) is 0 Å². The van der Waals surface area contributed by atoms with Gasteiger partial charge in [-0.05, 0) is 18.6 Å². The number of primary amides is 1. The fraction of sp³-hybridized carbons (Fsp3) is 0.214. The molecule has 2 aromatic rings. The van der Waals surface area contributed by atoms with Crippen molar-refractivity contribution in [3.05, 3.63) is 36.2 Å². The molecule has 1 heterocycles. The topological polar surface area (TPSA) is 135 Å². The molecule has 114 valence electrons. The number of fused-ring (bicyclic) bond motifs is 1. The molecule has 0 aliphatic rings. The number of carbonyl (C=O) groups excluding carboxylic acids is 2. The summed E-state index contributed by atoms with van der Waals surface area (Å²) in [4.78, 5) is 42.1. The molecular formula is C14H14N4O4. The number of benzene rings is 1. The highest BCUT2D eigenvalue weighted by atomic mass is 16.4. The lowest BCUT2D eigenvalue weighted by Gasteiger charge is -2.13. The third-order valence-corrected chi connectivity index (χ3v) is 2.96. The summed E-state index contributed by atoms with van der Waals surface area (Å²) in [5.74, 6) is -2.55. The molecule has 1 aromatic carbocycles. The molecule has 1 unspecified atom stereocenters. The van der Waals surface area contributed by atoms with Gasteiger partial charge in [0.15, 0.2) is 0 Å². The van der Waals surface area contributed by atoms with Gasteiger partial charge in [0, 0.05) is 6.42 Å². The van der Waals surface area contributed by atoms with E-state index in [1.807, 2.05) is 0 Å². The van der Waals surface area contributed by atoms with Crippen LogP contribution in [-0.4, -0.2) is 38.9 Å². The number of aliphatic carboxylic acids is 1. The zero-order valence-electron chi connectivity index (χ0n) is 11.5. The number of amides is 2. The smallest absolute Gasteiger partial charge is 0.326 e. The van der Waals surface area contributed by atoms with Crippen LogP contribution in [0.3, 0.4) is 0 Å². The second-order valence-electron chi connectivity index (χ2n) is 4.61. The molecule has 0 spiro atoms. The Morgan fingerprint density at radius 3 is 2.55 bits per heavy atom. The van der Waals surface area contributed by atoms with Crippen LogP contribution in [0.1, 0.15) is 23.3 Å². The first kappa shape index (κ1) is 15.4. The summed E-state index contributed by atoms with van der Waals surface area (Å²) in [6, 6.07) is 5.78. The Kier molecular flexibility index (Phi) is 4.62. The molecule has 0 saturated heterocycles. The number of carbonyl (C=O) groups is 3. The van der Waals surface area contributed by atoms with Gasteiger partial charge in [-0.15, -0.1) is 0 Å². The fourth-order valence-electron chi connectivity index (χ4n) is 1.84. The number of hydrogen-bond donors (Lipinski definition) is 3. The van der Waals surface area contributed by atoms with E-state index in [9.17, 15) is 14.4 Å². The Labute approximate surface area is 125 Å². The zero-order chi connectivity index (χ0) is 16.1. The Balaban J connectivity index is 2.14. The van der Waals surface area contributed by atoms with Gasteiger partial charge in [0.05, 0.1) is 17.2 Å². The predicted octanol–water partition coefficient (Wildman–Crippen LogP) is 0.0783. The van der Waals surface area contributed by atoms with Crippen LogP contribution in [0, 0.1) is 0 Å². The van der Waals surface area contributed by atoms with Gasteiger partial charge in [0.2, 0.25) is 5.91 Å². The molecule has 8 nitrogen and oxygen atoms in total. The first-order chi connectivity index (χ1) is 10.5. The normalized spacial score (nSPS) is 11.8. The first-order valence-electron chi connectivity index (χ1n) is 6.51. The molecule has 0 saturated carbocycles. The van der Waals surface area contributed by atoms with E-state index in [1.54, 1.807) is 24.3 Å². The first-order valence-corrected chi connectivity index (χ1v) is 6.51. The van der Waals surface area contributed by atoms with Crippen molar-refractivity contribution in [1.29, 1.82) is 0 Å². The highest BCUT2D eigenvalue weighted by molar-refractivity contribution is 5.96. The average Bonchev–Trinajstić information content (AvgIpc) is 2.50. The SMILES string of the molecule is NC(=O)CCC(NC(=O)c1cnc2ccccc2n1)C(=O)O. The molecule has 0 radical (unpaired) electrons. The van der Waals surface area contributed by atoms with Gasteiger partial charge in [-0.2, -0.15) is 0 Å². The van der Waals surface area contributed by atoms with Crippen molar-refractivity contribution in [3.63, 3.8) is 0 Å². The number of nitrogens with zero attached hydrogens (tertiary/aromatic N) is 2. The summed E-state index contributed by atoms with van der Waals surface area (Å²) in [7, 11) is 0. The molecule has 1 atom stereocenters. The summed E-state index contributed by atoms with van der Waals surface area (Å²) >= 11 is 0. The van der Waals surface area contributed by atoms with Gasteiger partial charge in [-0.1, -0.05) is 12.1 Å². The van der Waals surface area contributed by atoms with Gasteiger partial charge in [0.25, 0.3) is 5.91 Å². The molecule has 2 rings (SSSR count). The van der Waals surface area contributed by atoms with Crippen LogP contribution in [0.25, 0.3) is 11.0 Å². The molecule has 22 heavy (non-hydrogen) atoms. The lowest BCUT2D eigenvalue weighted by molar-refractivity contribution is -0.139. The maximum absolute atomic E-state index is 12.1. The summed E-state index contributed by atoms with van der Waals surface area (Å²) in [5.41, 5.74) is 6.14. The van der Waals surface area contributed by atoms with Crippen LogP contribution in [-0.2, 0) is 9.59 Å². The third kappa shape index (κ3) is 3.75. The highest BCUT2D eigenvalue weighted by Gasteiger charge is 2.22. The minimum atomic E-state index is -1.25. The lowest BCUT2D eigenvalue weighted by Crippen LogP contribution is -2.41. The molecule has 0 fully saturated rings. The maximum atomic E-state index is 12.1. The second-order valence-corrected chi connectivity index (χ2v) is 4.61. The Morgan fingerprint density at radius 2 is 1.91 bits per heavy atom. The largest absolute Gasteiger partial charge is 0.480 e. The van der Waals surface area contributed by atoms with Crippen molar-refractivity contribution >= 4 is 28.8 Å². The Bertz CT molecular complexity index is 732.